The summed E-state index contributed by atoms with van der Waals surface area (Å²) in [6.07, 6.45) is 0. The van der Waals surface area contributed by atoms with E-state index in [0.717, 1.165) is 17.9 Å². The van der Waals surface area contributed by atoms with Gasteiger partial charge in [-0.3, -0.25) is 4.68 Å². The van der Waals surface area contributed by atoms with Crippen LogP contribution in [0.1, 0.15) is 18.3 Å². The van der Waals surface area contributed by atoms with Crippen LogP contribution in [0.25, 0.3) is 0 Å². The second-order valence-corrected chi connectivity index (χ2v) is 6.00. The van der Waals surface area contributed by atoms with Crippen LogP contribution >= 0.6 is 11.6 Å². The van der Waals surface area contributed by atoms with Crippen molar-refractivity contribution in [3.8, 4) is 0 Å². The first-order valence-electron chi connectivity index (χ1n) is 7.25. The summed E-state index contributed by atoms with van der Waals surface area (Å²) in [7, 11) is 0. The van der Waals surface area contributed by atoms with E-state index < -0.39 is 0 Å². The quantitative estimate of drug-likeness (QED) is 0.884. The topological polar surface area (TPSA) is 59.0 Å². The van der Waals surface area contributed by atoms with Gasteiger partial charge in [0, 0.05) is 29.5 Å². The van der Waals surface area contributed by atoms with Crippen LogP contribution in [0.2, 0.25) is 5.02 Å². The summed E-state index contributed by atoms with van der Waals surface area (Å²) in [4.78, 5) is 11.9. The fourth-order valence-corrected chi connectivity index (χ4v) is 2.42. The summed E-state index contributed by atoms with van der Waals surface area (Å²) in [6.45, 7) is 7.44. The largest absolute Gasteiger partial charge is 0.338 e. The molecule has 118 valence electrons. The number of anilines is 1. The molecule has 0 saturated heterocycles. The van der Waals surface area contributed by atoms with E-state index in [9.17, 15) is 4.79 Å². The van der Waals surface area contributed by atoms with Gasteiger partial charge in [0.2, 0.25) is 0 Å². The Kier molecular flexibility index (Phi) is 5.44. The molecule has 0 unspecified atom stereocenters. The van der Waals surface area contributed by atoms with Gasteiger partial charge in [-0.15, -0.1) is 0 Å². The van der Waals surface area contributed by atoms with Gasteiger partial charge in [-0.1, -0.05) is 24.6 Å². The number of benzene rings is 1. The van der Waals surface area contributed by atoms with Crippen LogP contribution in [0.5, 0.6) is 0 Å². The number of aryl methyl sites for hydroxylation is 2. The van der Waals surface area contributed by atoms with E-state index in [1.807, 2.05) is 24.6 Å². The zero-order chi connectivity index (χ0) is 16.1. The zero-order valence-electron chi connectivity index (χ0n) is 13.1. The van der Waals surface area contributed by atoms with Crippen molar-refractivity contribution < 1.29 is 4.79 Å². The van der Waals surface area contributed by atoms with Gasteiger partial charge in [0.05, 0.1) is 5.69 Å². The summed E-state index contributed by atoms with van der Waals surface area (Å²) in [6, 6.07) is 8.88. The van der Waals surface area contributed by atoms with Crippen molar-refractivity contribution >= 4 is 23.3 Å². The number of carbonyl (C=O) groups is 1. The van der Waals surface area contributed by atoms with Crippen LogP contribution in [0, 0.1) is 19.8 Å². The van der Waals surface area contributed by atoms with Gasteiger partial charge in [-0.2, -0.15) is 5.10 Å². The number of aromatic nitrogens is 2. The van der Waals surface area contributed by atoms with E-state index in [4.69, 9.17) is 11.6 Å². The van der Waals surface area contributed by atoms with Crippen molar-refractivity contribution in [2.45, 2.75) is 27.3 Å². The fraction of sp³-hybridized carbons (Fsp3) is 0.375. The Bertz CT molecular complexity index is 653. The maximum Gasteiger partial charge on any atom is 0.319 e. The standard InChI is InChI=1S/C16H21ClN4O/c1-11(10-21-13(3)7-12(2)20-21)9-18-16(22)19-15-6-4-5-14(17)8-15/h4-8,11H,9-10H2,1-3H3,(H2,18,19,22)/t11-/m0/s1. The average Bonchev–Trinajstić information content (AvgIpc) is 2.74. The molecule has 0 fully saturated rings. The molecule has 1 heterocycles. The number of carbonyl (C=O) groups excluding carboxylic acids is 1. The number of amides is 2. The average molecular weight is 321 g/mol. The van der Waals surface area contributed by atoms with E-state index in [1.165, 1.54) is 0 Å². The van der Waals surface area contributed by atoms with Crippen molar-refractivity contribution in [1.29, 1.82) is 0 Å². The van der Waals surface area contributed by atoms with Crippen LogP contribution < -0.4 is 10.6 Å². The summed E-state index contributed by atoms with van der Waals surface area (Å²) in [5, 5.41) is 10.6. The Morgan fingerprint density at radius 1 is 1.36 bits per heavy atom. The highest BCUT2D eigenvalue weighted by molar-refractivity contribution is 6.30. The second-order valence-electron chi connectivity index (χ2n) is 5.56. The van der Waals surface area contributed by atoms with Crippen molar-refractivity contribution in [2.24, 2.45) is 5.92 Å². The van der Waals surface area contributed by atoms with Crippen LogP contribution in [-0.2, 0) is 6.54 Å². The predicted octanol–water partition coefficient (Wildman–Crippen LogP) is 3.61. The Hall–Kier alpha value is -2.01. The van der Waals surface area contributed by atoms with Crippen molar-refractivity contribution in [1.82, 2.24) is 15.1 Å². The van der Waals surface area contributed by atoms with Gasteiger partial charge in [-0.25, -0.2) is 4.79 Å². The molecule has 0 spiro atoms. The summed E-state index contributed by atoms with van der Waals surface area (Å²) < 4.78 is 1.97. The molecular formula is C16H21ClN4O. The molecule has 0 aliphatic rings. The Morgan fingerprint density at radius 3 is 2.77 bits per heavy atom. The highest BCUT2D eigenvalue weighted by Gasteiger charge is 2.09. The van der Waals surface area contributed by atoms with Gasteiger partial charge in [0.1, 0.15) is 0 Å². The van der Waals surface area contributed by atoms with Crippen LogP contribution in [0.15, 0.2) is 30.3 Å². The number of nitrogens with zero attached hydrogens (tertiary/aromatic N) is 2. The van der Waals surface area contributed by atoms with Gasteiger partial charge in [0.15, 0.2) is 0 Å². The zero-order valence-corrected chi connectivity index (χ0v) is 13.8. The summed E-state index contributed by atoms with van der Waals surface area (Å²) >= 11 is 5.88. The van der Waals surface area contributed by atoms with Crippen LogP contribution in [0.4, 0.5) is 10.5 Å². The molecule has 22 heavy (non-hydrogen) atoms. The molecule has 2 N–H and O–H groups in total. The lowest BCUT2D eigenvalue weighted by atomic mass is 10.2. The first-order chi connectivity index (χ1) is 10.4. The van der Waals surface area contributed by atoms with E-state index in [1.54, 1.807) is 24.3 Å². The smallest absolute Gasteiger partial charge is 0.319 e. The Morgan fingerprint density at radius 2 is 2.14 bits per heavy atom. The minimum atomic E-state index is -0.234. The van der Waals surface area contributed by atoms with Crippen molar-refractivity contribution in [3.63, 3.8) is 0 Å². The minimum absolute atomic E-state index is 0.234. The van der Waals surface area contributed by atoms with Gasteiger partial charge >= 0.3 is 6.03 Å². The molecule has 5 nitrogen and oxygen atoms in total. The number of nitrogens with one attached hydrogen (secondary N) is 2. The Labute approximate surface area is 135 Å². The highest BCUT2D eigenvalue weighted by atomic mass is 35.5. The third-order valence-corrected chi connectivity index (χ3v) is 3.52. The molecular weight excluding hydrogens is 300 g/mol. The third kappa shape index (κ3) is 4.77. The van der Waals surface area contributed by atoms with Gasteiger partial charge in [-0.05, 0) is 44.0 Å². The highest BCUT2D eigenvalue weighted by Crippen LogP contribution is 2.14. The minimum Gasteiger partial charge on any atom is -0.338 e. The van der Waals surface area contributed by atoms with Crippen LogP contribution in [0.3, 0.4) is 0 Å². The first kappa shape index (κ1) is 16.4. The molecule has 1 aromatic heterocycles. The Balaban J connectivity index is 1.79. The fourth-order valence-electron chi connectivity index (χ4n) is 2.23. The lowest BCUT2D eigenvalue weighted by molar-refractivity contribution is 0.249. The number of rotatable bonds is 5. The van der Waals surface area contributed by atoms with Crippen LogP contribution in [-0.4, -0.2) is 22.4 Å². The molecule has 0 saturated carbocycles. The van der Waals surface area contributed by atoms with Crippen molar-refractivity contribution in [3.05, 3.63) is 46.7 Å². The molecule has 6 heteroatoms. The lowest BCUT2D eigenvalue weighted by Crippen LogP contribution is -2.33. The number of hydrogen-bond acceptors (Lipinski definition) is 2. The summed E-state index contributed by atoms with van der Waals surface area (Å²) in [5.74, 6) is 0.281. The second kappa shape index (κ2) is 7.31. The normalized spacial score (nSPS) is 12.0. The lowest BCUT2D eigenvalue weighted by Gasteiger charge is -2.14. The van der Waals surface area contributed by atoms with E-state index in [0.29, 0.717) is 17.3 Å². The van der Waals surface area contributed by atoms with Crippen molar-refractivity contribution in [2.75, 3.05) is 11.9 Å². The molecule has 2 amide bonds. The third-order valence-electron chi connectivity index (χ3n) is 3.28. The van der Waals surface area contributed by atoms with E-state index in [2.05, 4.69) is 22.7 Å². The maximum atomic E-state index is 11.9. The van der Waals surface area contributed by atoms with E-state index in [-0.39, 0.29) is 11.9 Å². The molecule has 1 aromatic carbocycles. The number of halogens is 1. The van der Waals surface area contributed by atoms with Gasteiger partial charge in [0.25, 0.3) is 0 Å². The molecule has 2 rings (SSSR count). The molecule has 1 atom stereocenters. The number of urea groups is 1. The molecule has 0 bridgehead atoms. The monoisotopic (exact) mass is 320 g/mol. The van der Waals surface area contributed by atoms with E-state index >= 15 is 0 Å². The molecule has 0 aliphatic carbocycles. The number of hydrogen-bond donors (Lipinski definition) is 2. The molecule has 0 radical (unpaired) electrons. The molecule has 0 aliphatic heterocycles. The predicted molar refractivity (Wildman–Crippen MR) is 89.3 cm³/mol. The maximum absolute atomic E-state index is 11.9. The summed E-state index contributed by atoms with van der Waals surface area (Å²) in [5.41, 5.74) is 2.82. The SMILES string of the molecule is Cc1cc(C)n(C[C@@H](C)CNC(=O)Nc2cccc(Cl)c2)n1. The molecule has 2 aromatic rings. The first-order valence-corrected chi connectivity index (χ1v) is 7.63. The van der Waals surface area contributed by atoms with Gasteiger partial charge < -0.3 is 10.6 Å².